The molecule has 2 aromatic heterocycles. The maximum Gasteiger partial charge on any atom is 0.416 e. The van der Waals surface area contributed by atoms with Crippen molar-refractivity contribution in [1.82, 2.24) is 15.0 Å². The molecule has 6 heteroatoms. The van der Waals surface area contributed by atoms with Crippen molar-refractivity contribution in [2.45, 2.75) is 19.5 Å². The Morgan fingerprint density at radius 3 is 2.36 bits per heavy atom. The van der Waals surface area contributed by atoms with E-state index in [-0.39, 0.29) is 0 Å². The Morgan fingerprint density at radius 2 is 1.73 bits per heavy atom. The second-order valence-corrected chi connectivity index (χ2v) is 4.82. The van der Waals surface area contributed by atoms with Gasteiger partial charge in [-0.1, -0.05) is 19.1 Å². The highest BCUT2D eigenvalue weighted by atomic mass is 19.4. The van der Waals surface area contributed by atoms with Crippen LogP contribution in [-0.4, -0.2) is 15.0 Å². The first-order valence-corrected chi connectivity index (χ1v) is 6.77. The van der Waals surface area contributed by atoms with Crippen molar-refractivity contribution >= 4 is 11.0 Å². The maximum atomic E-state index is 12.6. The van der Waals surface area contributed by atoms with Gasteiger partial charge in [-0.2, -0.15) is 13.2 Å². The molecule has 0 radical (unpaired) electrons. The molecule has 0 aliphatic rings. The topological polar surface area (TPSA) is 38.7 Å². The second kappa shape index (κ2) is 5.36. The Kier molecular flexibility index (Phi) is 3.52. The third-order valence-electron chi connectivity index (χ3n) is 3.36. The zero-order valence-corrected chi connectivity index (χ0v) is 11.7. The van der Waals surface area contributed by atoms with E-state index in [1.165, 1.54) is 12.1 Å². The van der Waals surface area contributed by atoms with Crippen LogP contribution >= 0.6 is 0 Å². The summed E-state index contributed by atoms with van der Waals surface area (Å²) in [5.74, 6) is 0. The molecule has 1 aromatic carbocycles. The van der Waals surface area contributed by atoms with E-state index in [1.807, 2.05) is 6.92 Å². The minimum absolute atomic E-state index is 0.529. The van der Waals surface area contributed by atoms with Crippen LogP contribution in [0.3, 0.4) is 0 Å². The lowest BCUT2D eigenvalue weighted by atomic mass is 10.1. The van der Waals surface area contributed by atoms with Crippen LogP contribution in [0, 0.1) is 0 Å². The summed E-state index contributed by atoms with van der Waals surface area (Å²) < 4.78 is 37.9. The van der Waals surface area contributed by atoms with E-state index in [1.54, 1.807) is 18.5 Å². The lowest BCUT2D eigenvalue weighted by Crippen LogP contribution is -2.04. The van der Waals surface area contributed by atoms with Crippen molar-refractivity contribution in [2.75, 3.05) is 0 Å². The lowest BCUT2D eigenvalue weighted by Gasteiger charge is -2.09. The maximum absolute atomic E-state index is 12.6. The van der Waals surface area contributed by atoms with Crippen molar-refractivity contribution < 1.29 is 13.2 Å². The van der Waals surface area contributed by atoms with Crippen molar-refractivity contribution in [3.8, 4) is 11.3 Å². The zero-order chi connectivity index (χ0) is 15.7. The fraction of sp³-hybridized carbons (Fsp3) is 0.188. The molecule has 2 heterocycles. The third-order valence-corrected chi connectivity index (χ3v) is 3.36. The van der Waals surface area contributed by atoms with E-state index in [2.05, 4.69) is 15.0 Å². The molecular formula is C16H12F3N3. The fourth-order valence-electron chi connectivity index (χ4n) is 2.18. The number of nitrogens with zero attached hydrogens (tertiary/aromatic N) is 3. The van der Waals surface area contributed by atoms with Gasteiger partial charge >= 0.3 is 6.18 Å². The van der Waals surface area contributed by atoms with Crippen molar-refractivity contribution in [1.29, 1.82) is 0 Å². The number of aryl methyl sites for hydroxylation is 1. The highest BCUT2D eigenvalue weighted by molar-refractivity contribution is 5.88. The van der Waals surface area contributed by atoms with E-state index in [0.717, 1.165) is 24.2 Å². The van der Waals surface area contributed by atoms with Crippen LogP contribution in [0.4, 0.5) is 13.2 Å². The predicted octanol–water partition coefficient (Wildman–Crippen LogP) is 4.27. The minimum atomic E-state index is -4.35. The van der Waals surface area contributed by atoms with Crippen LogP contribution in [0.1, 0.15) is 18.2 Å². The van der Waals surface area contributed by atoms with Gasteiger partial charge in [0.2, 0.25) is 0 Å². The Bertz CT molecular complexity index is 811. The summed E-state index contributed by atoms with van der Waals surface area (Å²) in [6, 6.07) is 6.64. The first-order chi connectivity index (χ1) is 10.5. The van der Waals surface area contributed by atoms with Crippen LogP contribution in [0.2, 0.25) is 0 Å². The third kappa shape index (κ3) is 2.64. The van der Waals surface area contributed by atoms with Gasteiger partial charge in [0.25, 0.3) is 0 Å². The van der Waals surface area contributed by atoms with Crippen molar-refractivity contribution in [3.63, 3.8) is 0 Å². The molecule has 0 amide bonds. The van der Waals surface area contributed by atoms with Gasteiger partial charge in [0.05, 0.1) is 22.5 Å². The Balaban J connectivity index is 2.10. The number of halogens is 3. The number of rotatable bonds is 2. The largest absolute Gasteiger partial charge is 0.416 e. The molecule has 112 valence electrons. The van der Waals surface area contributed by atoms with Gasteiger partial charge in [-0.3, -0.25) is 9.97 Å². The Hall–Kier alpha value is -2.50. The van der Waals surface area contributed by atoms with Gasteiger partial charge in [-0.05, 0) is 24.6 Å². The van der Waals surface area contributed by atoms with Gasteiger partial charge < -0.3 is 0 Å². The van der Waals surface area contributed by atoms with Crippen LogP contribution in [0.5, 0.6) is 0 Å². The zero-order valence-electron chi connectivity index (χ0n) is 11.7. The molecule has 0 fully saturated rings. The Labute approximate surface area is 124 Å². The van der Waals surface area contributed by atoms with Crippen molar-refractivity contribution in [3.05, 3.63) is 54.0 Å². The molecule has 3 rings (SSSR count). The molecule has 3 aromatic rings. The number of benzene rings is 1. The number of fused-ring (bicyclic) bond motifs is 1. The van der Waals surface area contributed by atoms with Crippen LogP contribution < -0.4 is 0 Å². The minimum Gasteiger partial charge on any atom is -0.254 e. The molecule has 0 unspecified atom stereocenters. The van der Waals surface area contributed by atoms with Gasteiger partial charge in [0.15, 0.2) is 0 Å². The van der Waals surface area contributed by atoms with E-state index in [4.69, 9.17) is 0 Å². The predicted molar refractivity (Wildman–Crippen MR) is 77.1 cm³/mol. The average molecular weight is 303 g/mol. The molecule has 0 aliphatic carbocycles. The Morgan fingerprint density at radius 1 is 1.00 bits per heavy atom. The van der Waals surface area contributed by atoms with E-state index < -0.39 is 11.7 Å². The summed E-state index contributed by atoms with van der Waals surface area (Å²) in [4.78, 5) is 13.0. The number of alkyl halides is 3. The van der Waals surface area contributed by atoms with E-state index in [9.17, 15) is 13.2 Å². The number of hydrogen-bond donors (Lipinski definition) is 0. The summed E-state index contributed by atoms with van der Waals surface area (Å²) in [7, 11) is 0. The summed E-state index contributed by atoms with van der Waals surface area (Å²) >= 11 is 0. The van der Waals surface area contributed by atoms with Crippen LogP contribution in [0.25, 0.3) is 22.3 Å². The molecule has 0 bridgehead atoms. The SMILES string of the molecule is CCc1cnc2c(-c3ccc(C(F)(F)F)cc3)nccc2n1. The quantitative estimate of drug-likeness (QED) is 0.709. The monoisotopic (exact) mass is 303 g/mol. The lowest BCUT2D eigenvalue weighted by molar-refractivity contribution is -0.137. The molecule has 0 N–H and O–H groups in total. The van der Waals surface area contributed by atoms with Gasteiger partial charge in [-0.25, -0.2) is 4.98 Å². The fourth-order valence-corrected chi connectivity index (χ4v) is 2.18. The van der Waals surface area contributed by atoms with Crippen LogP contribution in [-0.2, 0) is 12.6 Å². The normalized spacial score (nSPS) is 11.8. The first-order valence-electron chi connectivity index (χ1n) is 6.77. The van der Waals surface area contributed by atoms with Crippen LogP contribution in [0.15, 0.2) is 42.7 Å². The number of aromatic nitrogens is 3. The summed E-state index contributed by atoms with van der Waals surface area (Å²) in [5.41, 5.74) is 2.55. The highest BCUT2D eigenvalue weighted by Gasteiger charge is 2.30. The summed E-state index contributed by atoms with van der Waals surface area (Å²) in [5, 5.41) is 0. The standard InChI is InChI=1S/C16H12F3N3/c1-2-12-9-21-15-13(22-12)7-8-20-14(15)10-3-5-11(6-4-10)16(17,18)19/h3-9H,2H2,1H3. The number of pyridine rings is 1. The molecule has 0 saturated carbocycles. The van der Waals surface area contributed by atoms with Gasteiger partial charge in [0, 0.05) is 18.0 Å². The smallest absolute Gasteiger partial charge is 0.254 e. The first kappa shape index (κ1) is 14.4. The van der Waals surface area contributed by atoms with Crippen molar-refractivity contribution in [2.24, 2.45) is 0 Å². The summed E-state index contributed by atoms with van der Waals surface area (Å²) in [6.07, 6.45) is -0.331. The molecule has 0 atom stereocenters. The van der Waals surface area contributed by atoms with E-state index >= 15 is 0 Å². The second-order valence-electron chi connectivity index (χ2n) is 4.82. The molecular weight excluding hydrogens is 291 g/mol. The molecule has 0 aliphatic heterocycles. The highest BCUT2D eigenvalue weighted by Crippen LogP contribution is 2.31. The average Bonchev–Trinajstić information content (AvgIpc) is 2.53. The van der Waals surface area contributed by atoms with Gasteiger partial charge in [0.1, 0.15) is 5.52 Å². The molecule has 3 nitrogen and oxygen atoms in total. The van der Waals surface area contributed by atoms with Gasteiger partial charge in [-0.15, -0.1) is 0 Å². The molecule has 0 saturated heterocycles. The molecule has 22 heavy (non-hydrogen) atoms. The van der Waals surface area contributed by atoms with E-state index in [0.29, 0.717) is 22.3 Å². The summed E-state index contributed by atoms with van der Waals surface area (Å²) in [6.45, 7) is 1.98. The number of hydrogen-bond acceptors (Lipinski definition) is 3. The molecule has 0 spiro atoms.